The Balaban J connectivity index is 2.12. The molecule has 1 amide bonds. The first-order valence-electron chi connectivity index (χ1n) is 6.06. The van der Waals surface area contributed by atoms with Crippen LogP contribution >= 0.6 is 0 Å². The maximum Gasteiger partial charge on any atom is 0.256 e. The van der Waals surface area contributed by atoms with Gasteiger partial charge in [0.2, 0.25) is 0 Å². The molecule has 0 atom stereocenters. The lowest BCUT2D eigenvalue weighted by Gasteiger charge is -2.07. The van der Waals surface area contributed by atoms with Gasteiger partial charge in [-0.1, -0.05) is 0 Å². The summed E-state index contributed by atoms with van der Waals surface area (Å²) in [6.07, 6.45) is 0. The highest BCUT2D eigenvalue weighted by Gasteiger charge is 2.08. The Bertz CT molecular complexity index is 662. The fourth-order valence-corrected chi connectivity index (χ4v) is 1.66. The van der Waals surface area contributed by atoms with Crippen molar-refractivity contribution < 1.29 is 14.6 Å². The van der Waals surface area contributed by atoms with E-state index in [1.165, 1.54) is 6.07 Å². The van der Waals surface area contributed by atoms with Gasteiger partial charge in [-0.3, -0.25) is 14.6 Å². The van der Waals surface area contributed by atoms with Crippen LogP contribution in [0.25, 0.3) is 0 Å². The van der Waals surface area contributed by atoms with Gasteiger partial charge in [0, 0.05) is 17.8 Å². The number of benzene rings is 1. The molecular weight excluding hydrogens is 260 g/mol. The number of hydrogen-bond donors (Lipinski definition) is 3. The summed E-state index contributed by atoms with van der Waals surface area (Å²) in [5.74, 6) is -0.121. The molecule has 1 heterocycles. The molecule has 0 spiro atoms. The highest BCUT2D eigenvalue weighted by Crippen LogP contribution is 2.16. The highest BCUT2D eigenvalue weighted by atomic mass is 16.5. The summed E-state index contributed by atoms with van der Waals surface area (Å²) in [6, 6.07) is 9.14. The van der Waals surface area contributed by atoms with Crippen molar-refractivity contribution in [3.05, 3.63) is 52.3 Å². The minimum atomic E-state index is -0.540. The number of anilines is 1. The normalized spacial score (nSPS) is 10.1. The van der Waals surface area contributed by atoms with Crippen molar-refractivity contribution in [1.29, 1.82) is 0 Å². The van der Waals surface area contributed by atoms with E-state index in [9.17, 15) is 14.7 Å². The van der Waals surface area contributed by atoms with E-state index in [-0.39, 0.29) is 11.4 Å². The van der Waals surface area contributed by atoms with Crippen LogP contribution in [0.5, 0.6) is 11.6 Å². The lowest BCUT2D eigenvalue weighted by atomic mass is 10.2. The van der Waals surface area contributed by atoms with Crippen LogP contribution in [0.15, 0.2) is 41.2 Å². The van der Waals surface area contributed by atoms with Crippen molar-refractivity contribution in [2.24, 2.45) is 0 Å². The molecule has 6 heteroatoms. The number of nitrogens with one attached hydrogen (secondary N) is 2. The first-order chi connectivity index (χ1) is 9.58. The topological polar surface area (TPSA) is 91.4 Å². The number of hydrogen-bond acceptors (Lipinski definition) is 4. The average molecular weight is 274 g/mol. The second kappa shape index (κ2) is 5.92. The predicted octanol–water partition coefficient (Wildman–Crippen LogP) is 1.73. The van der Waals surface area contributed by atoms with Gasteiger partial charge in [0.05, 0.1) is 12.2 Å². The second-order valence-corrected chi connectivity index (χ2v) is 4.03. The molecule has 2 rings (SSSR count). The second-order valence-electron chi connectivity index (χ2n) is 4.03. The molecule has 1 aromatic heterocycles. The molecule has 0 fully saturated rings. The minimum Gasteiger partial charge on any atom is -0.494 e. The van der Waals surface area contributed by atoms with Gasteiger partial charge in [0.1, 0.15) is 5.75 Å². The fraction of sp³-hybridized carbons (Fsp3) is 0.143. The van der Waals surface area contributed by atoms with Crippen molar-refractivity contribution >= 4 is 11.6 Å². The van der Waals surface area contributed by atoms with E-state index >= 15 is 0 Å². The third kappa shape index (κ3) is 3.38. The Labute approximate surface area is 115 Å². The molecule has 0 aliphatic carbocycles. The number of carbonyl (C=O) groups excluding carboxylic acids is 1. The van der Waals surface area contributed by atoms with Crippen LogP contribution < -0.4 is 15.6 Å². The fourth-order valence-electron chi connectivity index (χ4n) is 1.66. The number of ether oxygens (including phenoxy) is 1. The molecule has 3 N–H and O–H groups in total. The standard InChI is InChI=1S/C14H14N2O4/c1-2-20-11-5-3-10(4-6-11)15-14(19)9-7-12(17)16-13(18)8-9/h3-8H,2H2,1H3,(H,15,19)(H2,16,17,18). The molecular formula is C14H14N2O4. The molecule has 0 unspecified atom stereocenters. The molecule has 20 heavy (non-hydrogen) atoms. The van der Waals surface area contributed by atoms with E-state index in [1.54, 1.807) is 24.3 Å². The Kier molecular flexibility index (Phi) is 4.05. The van der Waals surface area contributed by atoms with Crippen LogP contribution in [0.3, 0.4) is 0 Å². The van der Waals surface area contributed by atoms with Gasteiger partial charge in [-0.25, -0.2) is 0 Å². The van der Waals surface area contributed by atoms with E-state index in [4.69, 9.17) is 4.74 Å². The predicted molar refractivity (Wildman–Crippen MR) is 74.3 cm³/mol. The Hall–Kier alpha value is -2.76. The monoisotopic (exact) mass is 274 g/mol. The lowest BCUT2D eigenvalue weighted by Crippen LogP contribution is -2.15. The zero-order chi connectivity index (χ0) is 14.5. The van der Waals surface area contributed by atoms with Crippen LogP contribution in [-0.4, -0.2) is 22.6 Å². The molecule has 0 radical (unpaired) electrons. The molecule has 2 aromatic rings. The molecule has 0 saturated heterocycles. The summed E-state index contributed by atoms with van der Waals surface area (Å²) in [6.45, 7) is 2.45. The number of H-pyrrole nitrogens is 1. The van der Waals surface area contributed by atoms with Crippen molar-refractivity contribution in [2.75, 3.05) is 11.9 Å². The zero-order valence-electron chi connectivity index (χ0n) is 10.8. The largest absolute Gasteiger partial charge is 0.494 e. The number of carbonyl (C=O) groups is 1. The van der Waals surface area contributed by atoms with Gasteiger partial charge < -0.3 is 15.2 Å². The molecule has 104 valence electrons. The molecule has 0 aliphatic rings. The van der Waals surface area contributed by atoms with Crippen LogP contribution in [0.2, 0.25) is 0 Å². The number of aromatic nitrogens is 1. The maximum atomic E-state index is 11.9. The van der Waals surface area contributed by atoms with Gasteiger partial charge in [-0.2, -0.15) is 0 Å². The van der Waals surface area contributed by atoms with Gasteiger partial charge in [0.25, 0.3) is 11.5 Å². The number of aromatic amines is 1. The van der Waals surface area contributed by atoms with Crippen molar-refractivity contribution in [2.45, 2.75) is 6.92 Å². The van der Waals surface area contributed by atoms with Crippen LogP contribution in [0.1, 0.15) is 17.3 Å². The Morgan fingerprint density at radius 3 is 2.60 bits per heavy atom. The quantitative estimate of drug-likeness (QED) is 0.791. The van der Waals surface area contributed by atoms with E-state index in [2.05, 4.69) is 10.3 Å². The van der Waals surface area contributed by atoms with Gasteiger partial charge >= 0.3 is 0 Å². The smallest absolute Gasteiger partial charge is 0.256 e. The van der Waals surface area contributed by atoms with Crippen molar-refractivity contribution in [3.63, 3.8) is 0 Å². The van der Waals surface area contributed by atoms with E-state index < -0.39 is 11.5 Å². The van der Waals surface area contributed by atoms with Crippen LogP contribution in [-0.2, 0) is 0 Å². The SMILES string of the molecule is CCOc1ccc(NC(=O)c2cc(O)[nH]c(=O)c2)cc1. The van der Waals surface area contributed by atoms with Gasteiger partial charge in [0.15, 0.2) is 5.88 Å². The average Bonchev–Trinajstić information content (AvgIpc) is 2.40. The molecule has 6 nitrogen and oxygen atoms in total. The molecule has 0 aliphatic heterocycles. The number of aromatic hydroxyl groups is 1. The summed E-state index contributed by atoms with van der Waals surface area (Å²) < 4.78 is 5.29. The summed E-state index contributed by atoms with van der Waals surface area (Å²) >= 11 is 0. The summed E-state index contributed by atoms with van der Waals surface area (Å²) in [5, 5.41) is 11.9. The Morgan fingerprint density at radius 2 is 2.00 bits per heavy atom. The molecule has 0 bridgehead atoms. The van der Waals surface area contributed by atoms with E-state index in [0.29, 0.717) is 18.0 Å². The van der Waals surface area contributed by atoms with Gasteiger partial charge in [-0.05, 0) is 31.2 Å². The number of rotatable bonds is 4. The summed E-state index contributed by atoms with van der Waals surface area (Å²) in [5.41, 5.74) is 0.111. The number of pyridine rings is 1. The first kappa shape index (κ1) is 13.7. The summed E-state index contributed by atoms with van der Waals surface area (Å²) in [4.78, 5) is 25.2. The molecule has 1 aromatic carbocycles. The van der Waals surface area contributed by atoms with Crippen LogP contribution in [0.4, 0.5) is 5.69 Å². The van der Waals surface area contributed by atoms with Crippen molar-refractivity contribution in [1.82, 2.24) is 4.98 Å². The maximum absolute atomic E-state index is 11.9. The van der Waals surface area contributed by atoms with E-state index in [0.717, 1.165) is 6.07 Å². The minimum absolute atomic E-state index is 0.0835. The lowest BCUT2D eigenvalue weighted by molar-refractivity contribution is 0.102. The Morgan fingerprint density at radius 1 is 1.30 bits per heavy atom. The number of amides is 1. The third-order valence-electron chi connectivity index (χ3n) is 2.52. The molecule has 0 saturated carbocycles. The zero-order valence-corrected chi connectivity index (χ0v) is 10.8. The first-order valence-corrected chi connectivity index (χ1v) is 6.06. The third-order valence-corrected chi connectivity index (χ3v) is 2.52. The van der Waals surface area contributed by atoms with E-state index in [1.807, 2.05) is 6.92 Å². The van der Waals surface area contributed by atoms with Crippen LogP contribution in [0, 0.1) is 0 Å². The van der Waals surface area contributed by atoms with Crippen molar-refractivity contribution in [3.8, 4) is 11.6 Å². The van der Waals surface area contributed by atoms with Gasteiger partial charge in [-0.15, -0.1) is 0 Å². The summed E-state index contributed by atoms with van der Waals surface area (Å²) in [7, 11) is 0. The highest BCUT2D eigenvalue weighted by molar-refractivity contribution is 6.04.